The van der Waals surface area contributed by atoms with Crippen molar-refractivity contribution in [3.05, 3.63) is 28.8 Å². The molecular formula is C15H18ClNO4. The molecular weight excluding hydrogens is 294 g/mol. The second-order valence-electron chi connectivity index (χ2n) is 5.53. The molecule has 0 saturated heterocycles. The molecule has 114 valence electrons. The first-order valence-electron chi connectivity index (χ1n) is 6.95. The van der Waals surface area contributed by atoms with Crippen molar-refractivity contribution in [3.63, 3.8) is 0 Å². The molecule has 0 aliphatic heterocycles. The summed E-state index contributed by atoms with van der Waals surface area (Å²) >= 11 is 5.74. The molecule has 0 bridgehead atoms. The van der Waals surface area contributed by atoms with Gasteiger partial charge in [-0.1, -0.05) is 30.9 Å². The molecule has 6 heteroatoms. The lowest BCUT2D eigenvalue weighted by atomic mass is 9.79. The van der Waals surface area contributed by atoms with Gasteiger partial charge in [0.25, 0.3) is 5.91 Å². The summed E-state index contributed by atoms with van der Waals surface area (Å²) in [5.41, 5.74) is -0.623. The molecule has 1 aliphatic carbocycles. The van der Waals surface area contributed by atoms with Crippen LogP contribution in [-0.2, 0) is 4.79 Å². The number of amides is 1. The summed E-state index contributed by atoms with van der Waals surface area (Å²) in [6.07, 6.45) is 4.00. The molecule has 0 spiro atoms. The van der Waals surface area contributed by atoms with Gasteiger partial charge in [0.15, 0.2) is 0 Å². The molecule has 3 N–H and O–H groups in total. The molecule has 21 heavy (non-hydrogen) atoms. The summed E-state index contributed by atoms with van der Waals surface area (Å²) in [6.45, 7) is 0. The minimum absolute atomic E-state index is 0.104. The normalized spacial score (nSPS) is 17.2. The van der Waals surface area contributed by atoms with Crippen LogP contribution in [0.3, 0.4) is 0 Å². The van der Waals surface area contributed by atoms with E-state index >= 15 is 0 Å². The molecule has 1 aromatic carbocycles. The van der Waals surface area contributed by atoms with Crippen molar-refractivity contribution in [2.24, 2.45) is 0 Å². The minimum Gasteiger partial charge on any atom is -0.507 e. The minimum atomic E-state index is -0.933. The highest BCUT2D eigenvalue weighted by Crippen LogP contribution is 2.32. The van der Waals surface area contributed by atoms with Crippen molar-refractivity contribution in [2.45, 2.75) is 44.1 Å². The molecule has 1 fully saturated rings. The number of hydrogen-bond acceptors (Lipinski definition) is 3. The van der Waals surface area contributed by atoms with E-state index in [1.807, 2.05) is 0 Å². The van der Waals surface area contributed by atoms with Crippen LogP contribution in [0.25, 0.3) is 0 Å². The molecule has 1 saturated carbocycles. The number of carboxylic acids is 1. The molecule has 0 radical (unpaired) electrons. The van der Waals surface area contributed by atoms with E-state index in [-0.39, 0.29) is 17.7 Å². The number of carbonyl (C=O) groups excluding carboxylic acids is 1. The van der Waals surface area contributed by atoms with Crippen LogP contribution in [0.2, 0.25) is 5.02 Å². The molecule has 1 aromatic rings. The van der Waals surface area contributed by atoms with Gasteiger partial charge in [0.2, 0.25) is 0 Å². The number of halogens is 1. The Morgan fingerprint density at radius 2 is 1.90 bits per heavy atom. The van der Waals surface area contributed by atoms with Crippen molar-refractivity contribution in [3.8, 4) is 5.75 Å². The van der Waals surface area contributed by atoms with Gasteiger partial charge in [0.05, 0.1) is 17.5 Å². The Kier molecular flexibility index (Phi) is 4.73. The van der Waals surface area contributed by atoms with Gasteiger partial charge in [-0.05, 0) is 31.0 Å². The lowest BCUT2D eigenvalue weighted by molar-refractivity contribution is -0.139. The van der Waals surface area contributed by atoms with Crippen molar-refractivity contribution in [1.82, 2.24) is 5.32 Å². The number of benzene rings is 1. The SMILES string of the molecule is O=C(O)CC1(NC(=O)c2ccc(Cl)cc2O)CCCCC1. The number of phenols is 1. The van der Waals surface area contributed by atoms with Gasteiger partial charge in [-0.25, -0.2) is 0 Å². The summed E-state index contributed by atoms with van der Waals surface area (Å²) < 4.78 is 0. The Labute approximate surface area is 127 Å². The third-order valence-electron chi connectivity index (χ3n) is 3.88. The van der Waals surface area contributed by atoms with E-state index in [1.165, 1.54) is 18.2 Å². The number of nitrogens with one attached hydrogen (secondary N) is 1. The Hall–Kier alpha value is -1.75. The summed E-state index contributed by atoms with van der Waals surface area (Å²) in [5, 5.41) is 22.0. The van der Waals surface area contributed by atoms with Crippen LogP contribution in [0.1, 0.15) is 48.9 Å². The van der Waals surface area contributed by atoms with E-state index in [1.54, 1.807) is 0 Å². The fourth-order valence-electron chi connectivity index (χ4n) is 2.87. The standard InChI is InChI=1S/C15H18ClNO4/c16-10-4-5-11(12(18)8-10)14(21)17-15(9-13(19)20)6-2-1-3-7-15/h4-5,8,18H,1-3,6-7,9H2,(H,17,21)(H,19,20). The van der Waals surface area contributed by atoms with Crippen molar-refractivity contribution in [2.75, 3.05) is 0 Å². The van der Waals surface area contributed by atoms with E-state index in [2.05, 4.69) is 5.32 Å². The predicted molar refractivity (Wildman–Crippen MR) is 78.7 cm³/mol. The van der Waals surface area contributed by atoms with Crippen LogP contribution in [-0.4, -0.2) is 27.6 Å². The molecule has 0 heterocycles. The monoisotopic (exact) mass is 311 g/mol. The second kappa shape index (κ2) is 6.35. The quantitative estimate of drug-likeness (QED) is 0.798. The molecule has 1 amide bonds. The van der Waals surface area contributed by atoms with Gasteiger partial charge in [-0.15, -0.1) is 0 Å². The smallest absolute Gasteiger partial charge is 0.305 e. The lowest BCUT2D eigenvalue weighted by Crippen LogP contribution is -2.51. The van der Waals surface area contributed by atoms with Gasteiger partial charge >= 0.3 is 5.97 Å². The second-order valence-corrected chi connectivity index (χ2v) is 5.96. The van der Waals surface area contributed by atoms with Gasteiger partial charge in [-0.2, -0.15) is 0 Å². The predicted octanol–water partition coefficient (Wildman–Crippen LogP) is 2.95. The van der Waals surface area contributed by atoms with Crippen LogP contribution < -0.4 is 5.32 Å². The first kappa shape index (κ1) is 15.6. The number of carbonyl (C=O) groups is 2. The topological polar surface area (TPSA) is 86.6 Å². The van der Waals surface area contributed by atoms with Gasteiger partial charge < -0.3 is 15.5 Å². The van der Waals surface area contributed by atoms with Crippen molar-refractivity contribution in [1.29, 1.82) is 0 Å². The fraction of sp³-hybridized carbons (Fsp3) is 0.467. The van der Waals surface area contributed by atoms with Crippen LogP contribution in [0, 0.1) is 0 Å². The highest BCUT2D eigenvalue weighted by atomic mass is 35.5. The number of aliphatic carboxylic acids is 1. The Bertz CT molecular complexity index is 553. The number of aromatic hydroxyl groups is 1. The number of rotatable bonds is 4. The Morgan fingerprint density at radius 1 is 1.24 bits per heavy atom. The molecule has 2 rings (SSSR count). The highest BCUT2D eigenvalue weighted by Gasteiger charge is 2.36. The molecule has 0 aromatic heterocycles. The first-order chi connectivity index (χ1) is 9.92. The first-order valence-corrected chi connectivity index (χ1v) is 7.32. The summed E-state index contributed by atoms with van der Waals surface area (Å²) in [4.78, 5) is 23.4. The Morgan fingerprint density at radius 3 is 2.48 bits per heavy atom. The zero-order valence-corrected chi connectivity index (χ0v) is 12.3. The Balaban J connectivity index is 2.19. The highest BCUT2D eigenvalue weighted by molar-refractivity contribution is 6.30. The van der Waals surface area contributed by atoms with Crippen LogP contribution in [0.15, 0.2) is 18.2 Å². The zero-order chi connectivity index (χ0) is 15.5. The number of phenolic OH excluding ortho intramolecular Hbond substituents is 1. The maximum absolute atomic E-state index is 12.3. The third-order valence-corrected chi connectivity index (χ3v) is 4.12. The third kappa shape index (κ3) is 3.88. The van der Waals surface area contributed by atoms with E-state index in [9.17, 15) is 14.7 Å². The maximum atomic E-state index is 12.3. The average molecular weight is 312 g/mol. The summed E-state index contributed by atoms with van der Waals surface area (Å²) in [5.74, 6) is -1.61. The van der Waals surface area contributed by atoms with Crippen molar-refractivity contribution < 1.29 is 19.8 Å². The van der Waals surface area contributed by atoms with Crippen LogP contribution >= 0.6 is 11.6 Å². The molecule has 5 nitrogen and oxygen atoms in total. The van der Waals surface area contributed by atoms with Gasteiger partial charge in [0.1, 0.15) is 5.75 Å². The van der Waals surface area contributed by atoms with E-state index < -0.39 is 17.4 Å². The van der Waals surface area contributed by atoms with Crippen LogP contribution in [0.5, 0.6) is 5.75 Å². The van der Waals surface area contributed by atoms with Gasteiger partial charge in [-0.3, -0.25) is 9.59 Å². The fourth-order valence-corrected chi connectivity index (χ4v) is 3.04. The summed E-state index contributed by atoms with van der Waals surface area (Å²) in [7, 11) is 0. The molecule has 0 unspecified atom stereocenters. The van der Waals surface area contributed by atoms with Crippen LogP contribution in [0.4, 0.5) is 0 Å². The van der Waals surface area contributed by atoms with E-state index in [0.717, 1.165) is 19.3 Å². The average Bonchev–Trinajstić information content (AvgIpc) is 2.38. The lowest BCUT2D eigenvalue weighted by Gasteiger charge is -2.37. The number of carboxylic acid groups (broad SMARTS) is 1. The molecule has 0 atom stereocenters. The summed E-state index contributed by atoms with van der Waals surface area (Å²) in [6, 6.07) is 4.24. The largest absolute Gasteiger partial charge is 0.507 e. The van der Waals surface area contributed by atoms with Crippen molar-refractivity contribution >= 4 is 23.5 Å². The number of hydrogen-bond donors (Lipinski definition) is 3. The van der Waals surface area contributed by atoms with Gasteiger partial charge in [0, 0.05) is 5.02 Å². The maximum Gasteiger partial charge on any atom is 0.305 e. The van der Waals surface area contributed by atoms with E-state index in [4.69, 9.17) is 16.7 Å². The zero-order valence-electron chi connectivity index (χ0n) is 11.6. The van der Waals surface area contributed by atoms with E-state index in [0.29, 0.717) is 17.9 Å². The molecule has 1 aliphatic rings.